The molecule has 2 heterocycles. The van der Waals surface area contributed by atoms with E-state index < -0.39 is 15.9 Å². The van der Waals surface area contributed by atoms with Crippen molar-refractivity contribution in [2.75, 3.05) is 32.8 Å². The molecule has 0 saturated carbocycles. The van der Waals surface area contributed by atoms with E-state index in [1.807, 2.05) is 18.2 Å². The maximum atomic E-state index is 13.0. The number of benzene rings is 2. The molecule has 0 unspecified atom stereocenters. The van der Waals surface area contributed by atoms with Gasteiger partial charge in [0.15, 0.2) is 0 Å². The van der Waals surface area contributed by atoms with E-state index >= 15 is 0 Å². The molecular weight excluding hydrogens is 474 g/mol. The van der Waals surface area contributed by atoms with E-state index in [4.69, 9.17) is 10.5 Å². The minimum absolute atomic E-state index is 0.130. The molecule has 0 radical (unpaired) electrons. The molecule has 2 amide bonds. The van der Waals surface area contributed by atoms with Crippen molar-refractivity contribution >= 4 is 33.2 Å². The van der Waals surface area contributed by atoms with E-state index in [9.17, 15) is 18.0 Å². The highest BCUT2D eigenvalue weighted by Gasteiger charge is 2.31. The van der Waals surface area contributed by atoms with Crippen LogP contribution in [0.25, 0.3) is 0 Å². The zero-order chi connectivity index (χ0) is 24.1. The van der Waals surface area contributed by atoms with Crippen LogP contribution in [0.5, 0.6) is 5.75 Å². The summed E-state index contributed by atoms with van der Waals surface area (Å²) in [6, 6.07) is 17.4. The Morgan fingerprint density at radius 3 is 2.44 bits per heavy atom. The standard InChI is InChI=1S/C24H25N3O5S2/c25-23(28)20-7-1-2-8-21(20)32-15-10-18-5-3-6-19(17-18)24(29)26-11-13-27(14-12-26)34(30,31)22-9-4-16-33-22/h1-9,16-17H,10-15H2,(H2,25,28). The summed E-state index contributed by atoms with van der Waals surface area (Å²) in [4.78, 5) is 26.2. The molecule has 1 fully saturated rings. The van der Waals surface area contributed by atoms with Crippen molar-refractivity contribution < 1.29 is 22.7 Å². The van der Waals surface area contributed by atoms with Gasteiger partial charge >= 0.3 is 0 Å². The second-order valence-corrected chi connectivity index (χ2v) is 10.9. The molecule has 0 atom stereocenters. The maximum Gasteiger partial charge on any atom is 0.253 e. The molecule has 0 bridgehead atoms. The number of para-hydroxylation sites is 1. The Labute approximate surface area is 202 Å². The number of hydrogen-bond donors (Lipinski definition) is 1. The number of carbonyl (C=O) groups excluding carboxylic acids is 2. The Morgan fingerprint density at radius 1 is 0.971 bits per heavy atom. The number of rotatable bonds is 8. The first kappa shape index (κ1) is 23.9. The SMILES string of the molecule is NC(=O)c1ccccc1OCCc1cccc(C(=O)N2CCN(S(=O)(=O)c3cccs3)CC2)c1. The first-order valence-electron chi connectivity index (χ1n) is 10.8. The molecular formula is C24H25N3O5S2. The molecule has 1 aliphatic heterocycles. The Hall–Kier alpha value is -3.21. The highest BCUT2D eigenvalue weighted by atomic mass is 32.2. The molecule has 4 rings (SSSR count). The number of carbonyl (C=O) groups is 2. The van der Waals surface area contributed by atoms with E-state index in [2.05, 4.69) is 0 Å². The van der Waals surface area contributed by atoms with Crippen LogP contribution in [0, 0.1) is 0 Å². The van der Waals surface area contributed by atoms with Gasteiger partial charge in [0.05, 0.1) is 12.2 Å². The molecule has 8 nitrogen and oxygen atoms in total. The number of thiophene rings is 1. The highest BCUT2D eigenvalue weighted by Crippen LogP contribution is 2.23. The van der Waals surface area contributed by atoms with Gasteiger partial charge in [-0.25, -0.2) is 8.42 Å². The van der Waals surface area contributed by atoms with Crippen molar-refractivity contribution in [2.24, 2.45) is 5.73 Å². The maximum absolute atomic E-state index is 13.0. The predicted octanol–water partition coefficient (Wildman–Crippen LogP) is 2.62. The number of piperazine rings is 1. The number of amides is 2. The number of primary amides is 1. The lowest BCUT2D eigenvalue weighted by atomic mass is 10.1. The first-order valence-corrected chi connectivity index (χ1v) is 13.1. The Balaban J connectivity index is 1.34. The lowest BCUT2D eigenvalue weighted by molar-refractivity contribution is 0.0697. The lowest BCUT2D eigenvalue weighted by Gasteiger charge is -2.33. The van der Waals surface area contributed by atoms with Gasteiger partial charge in [-0.1, -0.05) is 30.3 Å². The van der Waals surface area contributed by atoms with Gasteiger partial charge < -0.3 is 15.4 Å². The second kappa shape index (κ2) is 10.4. The number of nitrogens with zero attached hydrogens (tertiary/aromatic N) is 2. The predicted molar refractivity (Wildman–Crippen MR) is 130 cm³/mol. The third-order valence-electron chi connectivity index (χ3n) is 5.59. The fourth-order valence-corrected chi connectivity index (χ4v) is 6.35. The normalized spacial score (nSPS) is 14.6. The highest BCUT2D eigenvalue weighted by molar-refractivity contribution is 7.91. The zero-order valence-corrected chi connectivity index (χ0v) is 20.1. The molecule has 2 N–H and O–H groups in total. The average molecular weight is 500 g/mol. The fraction of sp³-hybridized carbons (Fsp3) is 0.250. The monoisotopic (exact) mass is 499 g/mol. The summed E-state index contributed by atoms with van der Waals surface area (Å²) in [7, 11) is -3.51. The molecule has 0 aliphatic carbocycles. The van der Waals surface area contributed by atoms with E-state index in [0.29, 0.717) is 47.2 Å². The number of hydrogen-bond acceptors (Lipinski definition) is 6. The van der Waals surface area contributed by atoms with E-state index in [1.54, 1.807) is 52.7 Å². The van der Waals surface area contributed by atoms with Gasteiger partial charge in [0.25, 0.3) is 21.8 Å². The number of nitrogens with two attached hydrogens (primary N) is 1. The van der Waals surface area contributed by atoms with Crippen LogP contribution in [-0.4, -0.2) is 62.2 Å². The molecule has 10 heteroatoms. The van der Waals surface area contributed by atoms with Crippen molar-refractivity contribution in [2.45, 2.75) is 10.6 Å². The molecule has 0 spiro atoms. The summed E-state index contributed by atoms with van der Waals surface area (Å²) in [6.45, 7) is 1.51. The minimum Gasteiger partial charge on any atom is -0.492 e. The quantitative estimate of drug-likeness (QED) is 0.512. The smallest absolute Gasteiger partial charge is 0.253 e. The summed E-state index contributed by atoms with van der Waals surface area (Å²) < 4.78 is 32.9. The molecule has 3 aromatic rings. The van der Waals surface area contributed by atoms with Crippen LogP contribution in [0.3, 0.4) is 0 Å². The summed E-state index contributed by atoms with van der Waals surface area (Å²) in [5.74, 6) is -0.251. The molecule has 1 saturated heterocycles. The fourth-order valence-electron chi connectivity index (χ4n) is 3.79. The summed E-state index contributed by atoms with van der Waals surface area (Å²) in [5.41, 5.74) is 7.17. The van der Waals surface area contributed by atoms with Crippen molar-refractivity contribution in [1.82, 2.24) is 9.21 Å². The van der Waals surface area contributed by atoms with Gasteiger partial charge in [-0.3, -0.25) is 9.59 Å². The van der Waals surface area contributed by atoms with Crippen LogP contribution in [0.15, 0.2) is 70.3 Å². The van der Waals surface area contributed by atoms with Gasteiger partial charge in [-0.15, -0.1) is 11.3 Å². The van der Waals surface area contributed by atoms with Crippen LogP contribution < -0.4 is 10.5 Å². The van der Waals surface area contributed by atoms with Crippen molar-refractivity contribution in [3.8, 4) is 5.75 Å². The average Bonchev–Trinajstić information content (AvgIpc) is 3.40. The van der Waals surface area contributed by atoms with Gasteiger partial charge in [-0.2, -0.15) is 4.31 Å². The molecule has 2 aromatic carbocycles. The van der Waals surface area contributed by atoms with E-state index in [-0.39, 0.29) is 19.0 Å². The molecule has 178 valence electrons. The Kier molecular flexibility index (Phi) is 7.30. The zero-order valence-electron chi connectivity index (χ0n) is 18.4. The summed E-state index contributed by atoms with van der Waals surface area (Å²) >= 11 is 1.19. The van der Waals surface area contributed by atoms with Gasteiger partial charge in [-0.05, 0) is 41.3 Å². The minimum atomic E-state index is -3.51. The van der Waals surface area contributed by atoms with Gasteiger partial charge in [0.1, 0.15) is 9.96 Å². The van der Waals surface area contributed by atoms with Crippen LogP contribution in [0.2, 0.25) is 0 Å². The van der Waals surface area contributed by atoms with Crippen LogP contribution in [0.4, 0.5) is 0 Å². The topological polar surface area (TPSA) is 110 Å². The number of ether oxygens (including phenoxy) is 1. The molecule has 1 aliphatic rings. The van der Waals surface area contributed by atoms with E-state index in [1.165, 1.54) is 15.6 Å². The summed E-state index contributed by atoms with van der Waals surface area (Å²) in [5, 5.41) is 1.74. The lowest BCUT2D eigenvalue weighted by Crippen LogP contribution is -2.50. The van der Waals surface area contributed by atoms with Gasteiger partial charge in [0.2, 0.25) is 0 Å². The Morgan fingerprint density at radius 2 is 1.74 bits per heavy atom. The Bertz CT molecular complexity index is 1270. The first-order chi connectivity index (χ1) is 16.4. The third-order valence-corrected chi connectivity index (χ3v) is 8.86. The van der Waals surface area contributed by atoms with Crippen LogP contribution in [0.1, 0.15) is 26.3 Å². The van der Waals surface area contributed by atoms with Crippen LogP contribution in [-0.2, 0) is 16.4 Å². The second-order valence-electron chi connectivity index (χ2n) is 7.79. The van der Waals surface area contributed by atoms with Gasteiger partial charge in [0, 0.05) is 38.2 Å². The number of sulfonamides is 1. The van der Waals surface area contributed by atoms with Crippen LogP contribution >= 0.6 is 11.3 Å². The van der Waals surface area contributed by atoms with Crippen molar-refractivity contribution in [1.29, 1.82) is 0 Å². The summed E-state index contributed by atoms with van der Waals surface area (Å²) in [6.07, 6.45) is 0.543. The van der Waals surface area contributed by atoms with Crippen molar-refractivity contribution in [3.63, 3.8) is 0 Å². The van der Waals surface area contributed by atoms with E-state index in [0.717, 1.165) is 5.56 Å². The molecule has 34 heavy (non-hydrogen) atoms. The van der Waals surface area contributed by atoms with Crippen molar-refractivity contribution in [3.05, 3.63) is 82.7 Å². The molecule has 1 aromatic heterocycles. The largest absolute Gasteiger partial charge is 0.492 e. The third kappa shape index (κ3) is 5.30.